The summed E-state index contributed by atoms with van der Waals surface area (Å²) >= 11 is 1.78. The quantitative estimate of drug-likeness (QED) is 0.750. The molecule has 1 aromatic heterocycles. The van der Waals surface area contributed by atoms with Crippen molar-refractivity contribution >= 4 is 28.9 Å². The van der Waals surface area contributed by atoms with Crippen molar-refractivity contribution in [3.05, 3.63) is 51.7 Å². The molecule has 2 rings (SSSR count). The van der Waals surface area contributed by atoms with Crippen molar-refractivity contribution in [3.63, 3.8) is 0 Å². The molecule has 1 atom stereocenters. The molecule has 1 aromatic carbocycles. The van der Waals surface area contributed by atoms with Gasteiger partial charge < -0.3 is 10.4 Å². The first-order valence-electron chi connectivity index (χ1n) is 8.11. The smallest absolute Gasteiger partial charge is 0.306 e. The molecular weight excluding hydrogens is 322 g/mol. The fraction of sp³-hybridized carbons (Fsp3) is 0.368. The van der Waals surface area contributed by atoms with Crippen LogP contribution in [-0.2, 0) is 22.4 Å². The Morgan fingerprint density at radius 2 is 1.88 bits per heavy atom. The zero-order valence-corrected chi connectivity index (χ0v) is 14.9. The normalized spacial score (nSPS) is 11.9. The van der Waals surface area contributed by atoms with Crippen LogP contribution in [0.25, 0.3) is 0 Å². The SMILES string of the molecule is Cc1ccc(CCCC(=O)Nc2ccc(CC(C)C(=O)O)cc2)s1. The van der Waals surface area contributed by atoms with Crippen LogP contribution >= 0.6 is 11.3 Å². The summed E-state index contributed by atoms with van der Waals surface area (Å²) in [4.78, 5) is 25.5. The van der Waals surface area contributed by atoms with E-state index < -0.39 is 11.9 Å². The predicted octanol–water partition coefficient (Wildman–Crippen LogP) is 4.28. The lowest BCUT2D eigenvalue weighted by Crippen LogP contribution is -2.13. The molecule has 0 aliphatic rings. The molecule has 24 heavy (non-hydrogen) atoms. The van der Waals surface area contributed by atoms with Gasteiger partial charge in [0.05, 0.1) is 5.92 Å². The van der Waals surface area contributed by atoms with Gasteiger partial charge in [-0.3, -0.25) is 9.59 Å². The Bertz CT molecular complexity index is 691. The van der Waals surface area contributed by atoms with Gasteiger partial charge in [-0.1, -0.05) is 19.1 Å². The number of hydrogen-bond acceptors (Lipinski definition) is 3. The first-order valence-corrected chi connectivity index (χ1v) is 8.92. The molecule has 0 aliphatic carbocycles. The monoisotopic (exact) mass is 345 g/mol. The minimum Gasteiger partial charge on any atom is -0.481 e. The second-order valence-corrected chi connectivity index (χ2v) is 7.43. The number of benzene rings is 1. The van der Waals surface area contributed by atoms with Crippen molar-refractivity contribution in [1.29, 1.82) is 0 Å². The van der Waals surface area contributed by atoms with Crippen LogP contribution < -0.4 is 5.32 Å². The maximum absolute atomic E-state index is 12.0. The number of carboxylic acids is 1. The van der Waals surface area contributed by atoms with E-state index in [-0.39, 0.29) is 5.91 Å². The highest BCUT2D eigenvalue weighted by Gasteiger charge is 2.11. The average molecular weight is 345 g/mol. The number of nitrogens with one attached hydrogen (secondary N) is 1. The van der Waals surface area contributed by atoms with Crippen LogP contribution in [0.2, 0.25) is 0 Å². The van der Waals surface area contributed by atoms with Gasteiger partial charge in [-0.15, -0.1) is 11.3 Å². The summed E-state index contributed by atoms with van der Waals surface area (Å²) in [7, 11) is 0. The molecule has 0 saturated heterocycles. The van der Waals surface area contributed by atoms with Crippen molar-refractivity contribution < 1.29 is 14.7 Å². The van der Waals surface area contributed by atoms with Crippen molar-refractivity contribution in [2.24, 2.45) is 5.92 Å². The van der Waals surface area contributed by atoms with E-state index in [1.54, 1.807) is 18.3 Å². The molecule has 128 valence electrons. The second-order valence-electron chi connectivity index (χ2n) is 6.05. The highest BCUT2D eigenvalue weighted by Crippen LogP contribution is 2.18. The lowest BCUT2D eigenvalue weighted by atomic mass is 10.0. The summed E-state index contributed by atoms with van der Waals surface area (Å²) < 4.78 is 0. The average Bonchev–Trinajstić information content (AvgIpc) is 2.94. The third-order valence-electron chi connectivity index (χ3n) is 3.82. The Kier molecular flexibility index (Phi) is 6.55. The van der Waals surface area contributed by atoms with Crippen molar-refractivity contribution in [2.45, 2.75) is 39.5 Å². The molecule has 1 heterocycles. The molecule has 0 fully saturated rings. The van der Waals surface area contributed by atoms with E-state index in [1.165, 1.54) is 9.75 Å². The minimum atomic E-state index is -0.798. The molecule has 1 unspecified atom stereocenters. The van der Waals surface area contributed by atoms with Gasteiger partial charge in [-0.2, -0.15) is 0 Å². The van der Waals surface area contributed by atoms with Gasteiger partial charge >= 0.3 is 5.97 Å². The predicted molar refractivity (Wildman–Crippen MR) is 97.6 cm³/mol. The first kappa shape index (κ1) is 18.2. The lowest BCUT2D eigenvalue weighted by molar-refractivity contribution is -0.141. The lowest BCUT2D eigenvalue weighted by Gasteiger charge is -2.08. The van der Waals surface area contributed by atoms with E-state index in [1.807, 2.05) is 24.3 Å². The summed E-state index contributed by atoms with van der Waals surface area (Å²) in [6.07, 6.45) is 2.75. The second kappa shape index (κ2) is 8.64. The number of carboxylic acid groups (broad SMARTS) is 1. The zero-order chi connectivity index (χ0) is 17.5. The molecule has 0 spiro atoms. The van der Waals surface area contributed by atoms with Gasteiger partial charge in [-0.25, -0.2) is 0 Å². The van der Waals surface area contributed by atoms with Gasteiger partial charge in [0.2, 0.25) is 5.91 Å². The van der Waals surface area contributed by atoms with Crippen LogP contribution in [-0.4, -0.2) is 17.0 Å². The summed E-state index contributed by atoms with van der Waals surface area (Å²) in [6.45, 7) is 3.77. The number of hydrogen-bond donors (Lipinski definition) is 2. The molecule has 0 radical (unpaired) electrons. The van der Waals surface area contributed by atoms with E-state index in [9.17, 15) is 9.59 Å². The van der Waals surface area contributed by atoms with Gasteiger partial charge in [-0.05, 0) is 56.0 Å². The maximum atomic E-state index is 12.0. The van der Waals surface area contributed by atoms with Gasteiger partial charge in [0.25, 0.3) is 0 Å². The molecule has 4 nitrogen and oxygen atoms in total. The number of aliphatic carboxylic acids is 1. The Hall–Kier alpha value is -2.14. The molecule has 2 aromatic rings. The number of rotatable bonds is 8. The van der Waals surface area contributed by atoms with E-state index in [2.05, 4.69) is 24.4 Å². The zero-order valence-electron chi connectivity index (χ0n) is 14.0. The van der Waals surface area contributed by atoms with E-state index in [4.69, 9.17) is 5.11 Å². The van der Waals surface area contributed by atoms with Gasteiger partial charge in [0.15, 0.2) is 0 Å². The molecule has 2 N–H and O–H groups in total. The highest BCUT2D eigenvalue weighted by atomic mass is 32.1. The molecule has 5 heteroatoms. The van der Waals surface area contributed by atoms with Crippen LogP contribution in [0.3, 0.4) is 0 Å². The van der Waals surface area contributed by atoms with E-state index >= 15 is 0 Å². The Balaban J connectivity index is 1.76. The molecular formula is C19H23NO3S. The van der Waals surface area contributed by atoms with Gasteiger partial charge in [0.1, 0.15) is 0 Å². The fourth-order valence-corrected chi connectivity index (χ4v) is 3.36. The Morgan fingerprint density at radius 3 is 2.46 bits per heavy atom. The van der Waals surface area contributed by atoms with Crippen LogP contribution in [0.15, 0.2) is 36.4 Å². The standard InChI is InChI=1S/C19H23NO3S/c1-13(19(22)23)12-15-7-9-16(10-8-15)20-18(21)5-3-4-17-11-6-14(2)24-17/h6-11,13H,3-5,12H2,1-2H3,(H,20,21)(H,22,23). The summed E-state index contributed by atoms with van der Waals surface area (Å²) in [5, 5.41) is 11.8. The number of amides is 1. The molecule has 0 saturated carbocycles. The summed E-state index contributed by atoms with van der Waals surface area (Å²) in [5.41, 5.74) is 1.70. The highest BCUT2D eigenvalue weighted by molar-refractivity contribution is 7.11. The van der Waals surface area contributed by atoms with Crippen LogP contribution in [0, 0.1) is 12.8 Å². The van der Waals surface area contributed by atoms with Crippen molar-refractivity contribution in [3.8, 4) is 0 Å². The van der Waals surface area contributed by atoms with E-state index in [0.717, 1.165) is 24.1 Å². The van der Waals surface area contributed by atoms with Crippen molar-refractivity contribution in [2.75, 3.05) is 5.32 Å². The third kappa shape index (κ3) is 5.81. The molecule has 0 aliphatic heterocycles. The van der Waals surface area contributed by atoms with Crippen molar-refractivity contribution in [1.82, 2.24) is 0 Å². The topological polar surface area (TPSA) is 66.4 Å². The number of carbonyl (C=O) groups is 2. The fourth-order valence-electron chi connectivity index (χ4n) is 2.43. The molecule has 1 amide bonds. The largest absolute Gasteiger partial charge is 0.481 e. The van der Waals surface area contributed by atoms with Crippen LogP contribution in [0.5, 0.6) is 0 Å². The van der Waals surface area contributed by atoms with Crippen LogP contribution in [0.4, 0.5) is 5.69 Å². The number of aryl methyl sites for hydroxylation is 2. The maximum Gasteiger partial charge on any atom is 0.306 e. The Morgan fingerprint density at radius 1 is 1.17 bits per heavy atom. The van der Waals surface area contributed by atoms with Gasteiger partial charge in [0, 0.05) is 21.9 Å². The number of carbonyl (C=O) groups excluding carboxylic acids is 1. The third-order valence-corrected chi connectivity index (χ3v) is 4.88. The summed E-state index contributed by atoms with van der Waals surface area (Å²) in [5.74, 6) is -1.20. The van der Waals surface area contributed by atoms with E-state index in [0.29, 0.717) is 12.8 Å². The number of anilines is 1. The first-order chi connectivity index (χ1) is 11.4. The molecule has 0 bridgehead atoms. The summed E-state index contributed by atoms with van der Waals surface area (Å²) in [6, 6.07) is 11.6. The van der Waals surface area contributed by atoms with Crippen LogP contribution in [0.1, 0.15) is 35.1 Å². The Labute approximate surface area is 146 Å². The minimum absolute atomic E-state index is 0.00920. The number of thiophene rings is 1.